The maximum Gasteiger partial charge on any atom is 0.122 e. The second-order valence-corrected chi connectivity index (χ2v) is 3.42. The highest BCUT2D eigenvalue weighted by molar-refractivity contribution is 5.52. The Balaban J connectivity index is 1.98. The molecule has 0 bridgehead atoms. The van der Waals surface area contributed by atoms with Crippen LogP contribution in [0.3, 0.4) is 0 Å². The van der Waals surface area contributed by atoms with Crippen molar-refractivity contribution in [3.05, 3.63) is 23.8 Å². The molecule has 0 unspecified atom stereocenters. The number of hydrogen-bond acceptors (Lipinski definition) is 3. The fourth-order valence-corrected chi connectivity index (χ4v) is 1.61. The predicted molar refractivity (Wildman–Crippen MR) is 55.8 cm³/mol. The Bertz CT molecular complexity index is 312. The fraction of sp³-hybridized carbons (Fsp3) is 0.455. The van der Waals surface area contributed by atoms with Crippen molar-refractivity contribution in [2.24, 2.45) is 0 Å². The number of aliphatic hydroxyl groups excluding tert-OH is 1. The van der Waals surface area contributed by atoms with E-state index in [0.717, 1.165) is 37.4 Å². The Hall–Kier alpha value is -1.22. The lowest BCUT2D eigenvalue weighted by Crippen LogP contribution is -2.03. The van der Waals surface area contributed by atoms with Gasteiger partial charge in [0.25, 0.3) is 0 Å². The van der Waals surface area contributed by atoms with Crippen molar-refractivity contribution >= 4 is 5.69 Å². The lowest BCUT2D eigenvalue weighted by atomic mass is 10.1. The van der Waals surface area contributed by atoms with E-state index in [-0.39, 0.29) is 6.61 Å². The van der Waals surface area contributed by atoms with E-state index in [2.05, 4.69) is 11.4 Å². The van der Waals surface area contributed by atoms with Gasteiger partial charge in [0.05, 0.1) is 6.61 Å². The zero-order valence-electron chi connectivity index (χ0n) is 8.12. The number of benzene rings is 1. The minimum atomic E-state index is 0.237. The molecule has 0 radical (unpaired) electrons. The lowest BCUT2D eigenvalue weighted by Gasteiger charge is -2.06. The first kappa shape index (κ1) is 9.34. The molecule has 1 aromatic carbocycles. The highest BCUT2D eigenvalue weighted by atomic mass is 16.5. The Morgan fingerprint density at radius 1 is 1.43 bits per heavy atom. The van der Waals surface area contributed by atoms with Crippen molar-refractivity contribution in [3.63, 3.8) is 0 Å². The van der Waals surface area contributed by atoms with E-state index in [0.29, 0.717) is 0 Å². The minimum Gasteiger partial charge on any atom is -0.493 e. The summed E-state index contributed by atoms with van der Waals surface area (Å²) in [7, 11) is 0. The molecule has 0 spiro atoms. The normalized spacial score (nSPS) is 13.5. The maximum atomic E-state index is 8.64. The van der Waals surface area contributed by atoms with Crippen LogP contribution in [0.4, 0.5) is 5.69 Å². The molecule has 3 heteroatoms. The smallest absolute Gasteiger partial charge is 0.122 e. The molecule has 0 saturated heterocycles. The van der Waals surface area contributed by atoms with E-state index in [1.165, 1.54) is 5.56 Å². The number of rotatable bonds is 4. The molecule has 1 aromatic rings. The first-order chi connectivity index (χ1) is 6.90. The standard InChI is InChI=1S/C11H15NO2/c13-6-1-5-12-10-2-3-11-9(8-10)4-7-14-11/h2-3,8,12-13H,1,4-7H2. The molecule has 0 amide bonds. The molecule has 2 N–H and O–H groups in total. The summed E-state index contributed by atoms with van der Waals surface area (Å²) < 4.78 is 5.41. The van der Waals surface area contributed by atoms with E-state index >= 15 is 0 Å². The van der Waals surface area contributed by atoms with Gasteiger partial charge < -0.3 is 15.2 Å². The van der Waals surface area contributed by atoms with Gasteiger partial charge in [0.15, 0.2) is 0 Å². The number of aliphatic hydroxyl groups is 1. The molecule has 76 valence electrons. The number of anilines is 1. The number of nitrogens with one attached hydrogen (secondary N) is 1. The van der Waals surface area contributed by atoms with Gasteiger partial charge >= 0.3 is 0 Å². The summed E-state index contributed by atoms with van der Waals surface area (Å²) in [5, 5.41) is 11.9. The molecule has 0 saturated carbocycles. The largest absolute Gasteiger partial charge is 0.493 e. The van der Waals surface area contributed by atoms with Crippen LogP contribution in [0.2, 0.25) is 0 Å². The zero-order chi connectivity index (χ0) is 9.80. The van der Waals surface area contributed by atoms with E-state index < -0.39 is 0 Å². The fourth-order valence-electron chi connectivity index (χ4n) is 1.61. The first-order valence-electron chi connectivity index (χ1n) is 5.00. The zero-order valence-corrected chi connectivity index (χ0v) is 8.12. The van der Waals surface area contributed by atoms with Crippen LogP contribution in [0.15, 0.2) is 18.2 Å². The second-order valence-electron chi connectivity index (χ2n) is 3.42. The second kappa shape index (κ2) is 4.33. The minimum absolute atomic E-state index is 0.237. The Labute approximate surface area is 83.7 Å². The monoisotopic (exact) mass is 193 g/mol. The van der Waals surface area contributed by atoms with Crippen molar-refractivity contribution in [1.82, 2.24) is 0 Å². The Kier molecular flexibility index (Phi) is 2.89. The van der Waals surface area contributed by atoms with Gasteiger partial charge in [-0.2, -0.15) is 0 Å². The van der Waals surface area contributed by atoms with Crippen LogP contribution in [-0.2, 0) is 6.42 Å². The molecule has 14 heavy (non-hydrogen) atoms. The molecule has 2 rings (SSSR count). The predicted octanol–water partition coefficient (Wildman–Crippen LogP) is 1.42. The van der Waals surface area contributed by atoms with Gasteiger partial charge in [-0.25, -0.2) is 0 Å². The van der Waals surface area contributed by atoms with Crippen molar-refractivity contribution in [2.45, 2.75) is 12.8 Å². The first-order valence-corrected chi connectivity index (χ1v) is 5.00. The van der Waals surface area contributed by atoms with Crippen molar-refractivity contribution in [2.75, 3.05) is 25.1 Å². The topological polar surface area (TPSA) is 41.5 Å². The number of ether oxygens (including phenoxy) is 1. The summed E-state index contributed by atoms with van der Waals surface area (Å²) in [5.74, 6) is 1.01. The maximum absolute atomic E-state index is 8.64. The van der Waals surface area contributed by atoms with Crippen LogP contribution < -0.4 is 10.1 Å². The lowest BCUT2D eigenvalue weighted by molar-refractivity contribution is 0.292. The van der Waals surface area contributed by atoms with E-state index in [1.54, 1.807) is 0 Å². The summed E-state index contributed by atoms with van der Waals surface area (Å²) in [6.45, 7) is 1.85. The molecule has 0 atom stereocenters. The molecule has 0 aliphatic carbocycles. The molecule has 0 fully saturated rings. The highest BCUT2D eigenvalue weighted by Gasteiger charge is 2.11. The van der Waals surface area contributed by atoms with E-state index in [9.17, 15) is 0 Å². The van der Waals surface area contributed by atoms with Crippen LogP contribution >= 0.6 is 0 Å². The highest BCUT2D eigenvalue weighted by Crippen LogP contribution is 2.27. The number of fused-ring (bicyclic) bond motifs is 1. The third-order valence-electron chi connectivity index (χ3n) is 2.35. The van der Waals surface area contributed by atoms with Crippen molar-refractivity contribution in [3.8, 4) is 5.75 Å². The summed E-state index contributed by atoms with van der Waals surface area (Å²) in [6, 6.07) is 6.14. The van der Waals surface area contributed by atoms with Gasteiger partial charge in [0.1, 0.15) is 5.75 Å². The van der Waals surface area contributed by atoms with Gasteiger partial charge in [0.2, 0.25) is 0 Å². The molecular weight excluding hydrogens is 178 g/mol. The van der Waals surface area contributed by atoms with Crippen LogP contribution in [0.5, 0.6) is 5.75 Å². The van der Waals surface area contributed by atoms with Gasteiger partial charge in [-0.3, -0.25) is 0 Å². The molecular formula is C11H15NO2. The van der Waals surface area contributed by atoms with Gasteiger partial charge in [-0.05, 0) is 30.2 Å². The quantitative estimate of drug-likeness (QED) is 0.710. The van der Waals surface area contributed by atoms with Crippen LogP contribution in [0, 0.1) is 0 Å². The van der Waals surface area contributed by atoms with Gasteiger partial charge in [0, 0.05) is 25.3 Å². The molecule has 1 heterocycles. The van der Waals surface area contributed by atoms with Crippen LogP contribution in [0.1, 0.15) is 12.0 Å². The summed E-state index contributed by atoms with van der Waals surface area (Å²) in [6.07, 6.45) is 1.79. The Morgan fingerprint density at radius 3 is 3.21 bits per heavy atom. The van der Waals surface area contributed by atoms with Crippen molar-refractivity contribution < 1.29 is 9.84 Å². The number of hydrogen-bond donors (Lipinski definition) is 2. The van der Waals surface area contributed by atoms with Gasteiger partial charge in [-0.1, -0.05) is 0 Å². The average Bonchev–Trinajstić information content (AvgIpc) is 2.65. The van der Waals surface area contributed by atoms with Crippen LogP contribution in [-0.4, -0.2) is 24.9 Å². The molecule has 1 aliphatic heterocycles. The molecule has 0 aromatic heterocycles. The van der Waals surface area contributed by atoms with Gasteiger partial charge in [-0.15, -0.1) is 0 Å². The van der Waals surface area contributed by atoms with E-state index in [1.807, 2.05) is 12.1 Å². The summed E-state index contributed by atoms with van der Waals surface area (Å²) in [4.78, 5) is 0. The SMILES string of the molecule is OCCCNc1ccc2c(c1)CCO2. The average molecular weight is 193 g/mol. The van der Waals surface area contributed by atoms with Crippen molar-refractivity contribution in [1.29, 1.82) is 0 Å². The summed E-state index contributed by atoms with van der Waals surface area (Å²) >= 11 is 0. The molecule has 3 nitrogen and oxygen atoms in total. The third-order valence-corrected chi connectivity index (χ3v) is 2.35. The van der Waals surface area contributed by atoms with E-state index in [4.69, 9.17) is 9.84 Å². The van der Waals surface area contributed by atoms with Crippen LogP contribution in [0.25, 0.3) is 0 Å². The molecule has 1 aliphatic rings. The Morgan fingerprint density at radius 2 is 2.36 bits per heavy atom. The third kappa shape index (κ3) is 1.99. The summed E-state index contributed by atoms with van der Waals surface area (Å²) in [5.41, 5.74) is 2.39.